The first kappa shape index (κ1) is 38.0. The SMILES string of the molecule is CC(C)(C)c1ccc(Nc2cc3sc4ccc(C(C)(C)C)cc4c3cc2-c2ccc3c4cc5c(cc4n4c3c2Bc2cc3c(cc2-4)oc2ccccc23)-c2ccccc2C5(C)C)cc1. The number of fused-ring (bicyclic) bond motifs is 14. The normalized spacial score (nSPS) is 14.2. The van der Waals surface area contributed by atoms with E-state index in [1.807, 2.05) is 11.3 Å². The van der Waals surface area contributed by atoms with Gasteiger partial charge < -0.3 is 14.3 Å². The molecule has 1 aliphatic heterocycles. The van der Waals surface area contributed by atoms with Gasteiger partial charge in [-0.05, 0) is 110 Å². The van der Waals surface area contributed by atoms with Gasteiger partial charge in [-0.3, -0.25) is 0 Å². The fourth-order valence-electron chi connectivity index (χ4n) is 11.2. The van der Waals surface area contributed by atoms with Crippen LogP contribution in [0.1, 0.15) is 77.6 Å². The van der Waals surface area contributed by atoms with E-state index in [-0.39, 0.29) is 16.2 Å². The predicted molar refractivity (Wildman–Crippen MR) is 277 cm³/mol. The summed E-state index contributed by atoms with van der Waals surface area (Å²) in [5.74, 6) is 0. The number of anilines is 2. The Kier molecular flexibility index (Phi) is 7.59. The molecule has 0 spiro atoms. The Hall–Kier alpha value is -6.56. The molecular weight excluding hydrogens is 796 g/mol. The third-order valence-electron chi connectivity index (χ3n) is 14.7. The summed E-state index contributed by atoms with van der Waals surface area (Å²) in [5.41, 5.74) is 21.1. The van der Waals surface area contributed by atoms with Gasteiger partial charge in [0.15, 0.2) is 7.28 Å². The molecule has 0 bridgehead atoms. The summed E-state index contributed by atoms with van der Waals surface area (Å²) in [6.07, 6.45) is 0. The van der Waals surface area contributed by atoms with E-state index >= 15 is 0 Å². The van der Waals surface area contributed by atoms with Crippen molar-refractivity contribution in [2.24, 2.45) is 0 Å². The average molecular weight is 845 g/mol. The first-order chi connectivity index (χ1) is 30.7. The van der Waals surface area contributed by atoms with Crippen molar-refractivity contribution in [1.29, 1.82) is 0 Å². The summed E-state index contributed by atoms with van der Waals surface area (Å²) < 4.78 is 11.8. The summed E-state index contributed by atoms with van der Waals surface area (Å²) in [4.78, 5) is 0. The molecule has 0 saturated heterocycles. The molecule has 3 aromatic heterocycles. The average Bonchev–Trinajstić information content (AvgIpc) is 3.98. The number of thiophene rings is 1. The van der Waals surface area contributed by atoms with Gasteiger partial charge in [-0.2, -0.15) is 0 Å². The van der Waals surface area contributed by atoms with Crippen molar-refractivity contribution in [2.45, 2.75) is 71.6 Å². The first-order valence-electron chi connectivity index (χ1n) is 22.8. The fourth-order valence-corrected chi connectivity index (χ4v) is 12.3. The van der Waals surface area contributed by atoms with Gasteiger partial charge in [0.2, 0.25) is 0 Å². The van der Waals surface area contributed by atoms with Gasteiger partial charge in [-0.25, -0.2) is 0 Å². The number of hydrogen-bond acceptors (Lipinski definition) is 3. The monoisotopic (exact) mass is 844 g/mol. The van der Waals surface area contributed by atoms with Crippen molar-refractivity contribution in [3.8, 4) is 27.9 Å². The lowest BCUT2D eigenvalue weighted by atomic mass is 9.59. The van der Waals surface area contributed by atoms with Gasteiger partial charge in [0.05, 0.1) is 5.52 Å². The maximum Gasteiger partial charge on any atom is 0.198 e. The molecule has 2 aliphatic rings. The van der Waals surface area contributed by atoms with Crippen LogP contribution in [0.25, 0.3) is 91.9 Å². The molecule has 8 aromatic carbocycles. The highest BCUT2D eigenvalue weighted by Gasteiger charge is 2.37. The lowest BCUT2D eigenvalue weighted by Crippen LogP contribution is -2.37. The van der Waals surface area contributed by atoms with Gasteiger partial charge in [0.1, 0.15) is 11.2 Å². The Balaban J connectivity index is 1.11. The van der Waals surface area contributed by atoms with E-state index in [0.717, 1.165) is 35.2 Å². The van der Waals surface area contributed by atoms with Crippen molar-refractivity contribution in [1.82, 2.24) is 4.57 Å². The van der Waals surface area contributed by atoms with Crippen molar-refractivity contribution in [2.75, 3.05) is 5.32 Å². The first-order valence-corrected chi connectivity index (χ1v) is 23.6. The zero-order chi connectivity index (χ0) is 43.6. The number of para-hydroxylation sites is 1. The molecule has 0 radical (unpaired) electrons. The molecule has 64 heavy (non-hydrogen) atoms. The molecule has 1 N–H and O–H groups in total. The van der Waals surface area contributed by atoms with Crippen LogP contribution in [0.4, 0.5) is 11.4 Å². The number of nitrogens with zero attached hydrogens (tertiary/aromatic N) is 1. The Morgan fingerprint density at radius 3 is 2.11 bits per heavy atom. The third-order valence-corrected chi connectivity index (χ3v) is 15.9. The standard InChI is InChI=1S/C59H49BN2OS/c1-57(2,3)32-17-20-34(21-18-32)61-48-30-54-44(43-25-33(58(4,5)6)19-24-53(43)64-54)26-40(48)37-22-23-38-41-27-46-39(35-13-9-11-15-45(35)59(46,7)8)29-49(41)62-50-31-52-42(28-47(50)60-55(37)56(38)62)36-14-10-12-16-51(36)63-52/h9-31,60-61H,1-8H3. The van der Waals surface area contributed by atoms with Crippen LogP contribution in [0.5, 0.6) is 0 Å². The van der Waals surface area contributed by atoms with E-state index in [2.05, 4.69) is 205 Å². The largest absolute Gasteiger partial charge is 0.456 e. The summed E-state index contributed by atoms with van der Waals surface area (Å²) in [6.45, 7) is 18.5. The van der Waals surface area contributed by atoms with Crippen molar-refractivity contribution < 1.29 is 4.42 Å². The smallest absolute Gasteiger partial charge is 0.198 e. The maximum atomic E-state index is 6.61. The van der Waals surface area contributed by atoms with E-state index in [4.69, 9.17) is 4.42 Å². The fraction of sp³-hybridized carbons (Fsp3) is 0.186. The van der Waals surface area contributed by atoms with E-state index in [9.17, 15) is 0 Å². The van der Waals surface area contributed by atoms with E-state index in [0.29, 0.717) is 0 Å². The Morgan fingerprint density at radius 1 is 0.547 bits per heavy atom. The van der Waals surface area contributed by atoms with Gasteiger partial charge in [0.25, 0.3) is 0 Å². The zero-order valence-electron chi connectivity index (χ0n) is 37.7. The van der Waals surface area contributed by atoms with Crippen molar-refractivity contribution in [3.05, 3.63) is 162 Å². The summed E-state index contributed by atoms with van der Waals surface area (Å²) in [7, 11) is 0.804. The van der Waals surface area contributed by atoms with Gasteiger partial charge in [0, 0.05) is 81.3 Å². The molecule has 4 heterocycles. The molecule has 11 aromatic rings. The molecule has 310 valence electrons. The van der Waals surface area contributed by atoms with Crippen molar-refractivity contribution >= 4 is 105 Å². The van der Waals surface area contributed by atoms with Crippen LogP contribution in [-0.2, 0) is 16.2 Å². The Morgan fingerprint density at radius 2 is 1.30 bits per heavy atom. The highest BCUT2D eigenvalue weighted by atomic mass is 32.1. The van der Waals surface area contributed by atoms with Crippen LogP contribution in [0.3, 0.4) is 0 Å². The molecule has 0 fully saturated rings. The molecule has 0 atom stereocenters. The van der Waals surface area contributed by atoms with E-state index in [1.54, 1.807) is 0 Å². The lowest BCUT2D eigenvalue weighted by Gasteiger charge is -2.24. The zero-order valence-corrected chi connectivity index (χ0v) is 38.6. The molecular formula is C59H49BN2OS. The number of nitrogens with one attached hydrogen (secondary N) is 1. The summed E-state index contributed by atoms with van der Waals surface area (Å²) >= 11 is 1.89. The minimum atomic E-state index is -0.104. The predicted octanol–water partition coefficient (Wildman–Crippen LogP) is 15.1. The van der Waals surface area contributed by atoms with Crippen LogP contribution in [0.2, 0.25) is 0 Å². The molecule has 1 aliphatic carbocycles. The molecule has 0 unspecified atom stereocenters. The number of hydrogen-bond donors (Lipinski definition) is 1. The highest BCUT2D eigenvalue weighted by Crippen LogP contribution is 2.52. The highest BCUT2D eigenvalue weighted by molar-refractivity contribution is 7.25. The number of furan rings is 1. The second kappa shape index (κ2) is 12.8. The van der Waals surface area contributed by atoms with Crippen molar-refractivity contribution in [3.63, 3.8) is 0 Å². The Labute approximate surface area is 378 Å². The van der Waals surface area contributed by atoms with Crippen LogP contribution in [0.15, 0.2) is 144 Å². The number of aromatic nitrogens is 1. The van der Waals surface area contributed by atoms with Gasteiger partial charge in [-0.1, -0.05) is 140 Å². The summed E-state index contributed by atoms with van der Waals surface area (Å²) in [5, 5.41) is 11.5. The minimum Gasteiger partial charge on any atom is -0.456 e. The lowest BCUT2D eigenvalue weighted by molar-refractivity contribution is 0.590. The van der Waals surface area contributed by atoms with E-state index in [1.165, 1.54) is 108 Å². The second-order valence-corrected chi connectivity index (χ2v) is 22.2. The van der Waals surface area contributed by atoms with Crippen LogP contribution in [0, 0.1) is 0 Å². The molecule has 0 amide bonds. The quantitative estimate of drug-likeness (QED) is 0.180. The van der Waals surface area contributed by atoms with Gasteiger partial charge in [-0.15, -0.1) is 11.3 Å². The van der Waals surface area contributed by atoms with Crippen LogP contribution in [-0.4, -0.2) is 11.8 Å². The maximum absolute atomic E-state index is 6.61. The number of benzene rings is 8. The molecule has 0 saturated carbocycles. The molecule has 13 rings (SSSR count). The minimum absolute atomic E-state index is 0.0469. The summed E-state index contributed by atoms with van der Waals surface area (Å²) in [6, 6.07) is 53.1. The molecule has 3 nitrogen and oxygen atoms in total. The van der Waals surface area contributed by atoms with E-state index < -0.39 is 0 Å². The topological polar surface area (TPSA) is 30.1 Å². The third kappa shape index (κ3) is 5.34. The molecule has 5 heteroatoms. The Bertz CT molecular complexity index is 3830. The second-order valence-electron chi connectivity index (χ2n) is 21.1. The van der Waals surface area contributed by atoms with Crippen LogP contribution >= 0.6 is 11.3 Å². The number of rotatable bonds is 3. The van der Waals surface area contributed by atoms with Gasteiger partial charge >= 0.3 is 0 Å². The van der Waals surface area contributed by atoms with Crippen LogP contribution < -0.4 is 16.2 Å².